The smallest absolute Gasteiger partial charge is 0.249 e. The summed E-state index contributed by atoms with van der Waals surface area (Å²) in [5.74, 6) is 1.24. The predicted octanol–water partition coefficient (Wildman–Crippen LogP) is 2.59. The van der Waals surface area contributed by atoms with E-state index >= 15 is 0 Å². The average Bonchev–Trinajstić information content (AvgIpc) is 3.07. The number of rotatable bonds is 4. The van der Waals surface area contributed by atoms with Gasteiger partial charge >= 0.3 is 0 Å². The lowest BCUT2D eigenvalue weighted by molar-refractivity contribution is 0.356. The topological polar surface area (TPSA) is 81.7 Å². The van der Waals surface area contributed by atoms with Crippen LogP contribution in [-0.4, -0.2) is 24.9 Å². The van der Waals surface area contributed by atoms with E-state index in [1.165, 1.54) is 0 Å². The van der Waals surface area contributed by atoms with Gasteiger partial charge in [0.15, 0.2) is 16.6 Å². The van der Waals surface area contributed by atoms with E-state index in [0.717, 1.165) is 27.6 Å². The largest absolute Gasteiger partial charge is 0.350 e. The third-order valence-electron chi connectivity index (χ3n) is 3.09. The van der Waals surface area contributed by atoms with Gasteiger partial charge in [0.1, 0.15) is 6.04 Å². The normalized spacial score (nSPS) is 13.0. The number of anilines is 1. The number of aromatic nitrogens is 5. The highest BCUT2D eigenvalue weighted by Crippen LogP contribution is 2.31. The van der Waals surface area contributed by atoms with E-state index in [-0.39, 0.29) is 6.04 Å². The summed E-state index contributed by atoms with van der Waals surface area (Å²) < 4.78 is 8.13. The van der Waals surface area contributed by atoms with E-state index in [4.69, 9.17) is 4.52 Å². The second-order valence-electron chi connectivity index (χ2n) is 4.67. The lowest BCUT2D eigenvalue weighted by Crippen LogP contribution is -2.10. The molecule has 3 rings (SSSR count). The molecule has 3 aromatic heterocycles. The number of fused-ring (bicyclic) bond motifs is 1. The molecule has 0 fully saturated rings. The van der Waals surface area contributed by atoms with Gasteiger partial charge in [-0.05, 0) is 20.3 Å². The Hall–Kier alpha value is -1.96. The van der Waals surface area contributed by atoms with Crippen LogP contribution in [0.15, 0.2) is 4.52 Å². The molecule has 0 bridgehead atoms. The molecule has 1 N–H and O–H groups in total. The molecule has 0 radical (unpaired) electrons. The molecule has 0 spiro atoms. The van der Waals surface area contributed by atoms with Crippen molar-refractivity contribution in [2.24, 2.45) is 7.05 Å². The summed E-state index contributed by atoms with van der Waals surface area (Å²) >= 11 is 1.59. The quantitative estimate of drug-likeness (QED) is 0.796. The van der Waals surface area contributed by atoms with Gasteiger partial charge in [0, 0.05) is 7.05 Å². The zero-order valence-corrected chi connectivity index (χ0v) is 12.7. The summed E-state index contributed by atoms with van der Waals surface area (Å²) in [4.78, 5) is 8.84. The van der Waals surface area contributed by atoms with Crippen LogP contribution in [0, 0.1) is 13.8 Å². The number of aryl methyl sites for hydroxylation is 3. The molecule has 7 nitrogen and oxygen atoms in total. The lowest BCUT2D eigenvalue weighted by Gasteiger charge is -2.10. The Labute approximate surface area is 120 Å². The molecule has 20 heavy (non-hydrogen) atoms. The molecule has 0 aliphatic rings. The molecule has 0 unspecified atom stereocenters. The summed E-state index contributed by atoms with van der Waals surface area (Å²) in [5.41, 5.74) is 1.89. The standard InChI is InChI=1S/C12H16N6OS/c1-5-8(11-13-7(3)17-19-11)14-12-15-10-9(20-12)6(2)16-18(10)4/h8H,5H2,1-4H3,(H,14,15)/t8-/m0/s1. The highest BCUT2D eigenvalue weighted by molar-refractivity contribution is 7.22. The van der Waals surface area contributed by atoms with Gasteiger partial charge in [0.05, 0.1) is 10.4 Å². The minimum atomic E-state index is -0.0231. The van der Waals surface area contributed by atoms with E-state index in [1.54, 1.807) is 16.0 Å². The van der Waals surface area contributed by atoms with Gasteiger partial charge in [0.25, 0.3) is 0 Å². The Morgan fingerprint density at radius 1 is 1.35 bits per heavy atom. The molecule has 0 aromatic carbocycles. The minimum absolute atomic E-state index is 0.0231. The van der Waals surface area contributed by atoms with Crippen LogP contribution in [0.5, 0.6) is 0 Å². The van der Waals surface area contributed by atoms with Crippen LogP contribution < -0.4 is 5.32 Å². The van der Waals surface area contributed by atoms with Crippen LogP contribution in [0.3, 0.4) is 0 Å². The first kappa shape index (κ1) is 13.0. The summed E-state index contributed by atoms with van der Waals surface area (Å²) in [5, 5.41) is 12.4. The predicted molar refractivity (Wildman–Crippen MR) is 76.8 cm³/mol. The minimum Gasteiger partial charge on any atom is -0.350 e. The van der Waals surface area contributed by atoms with E-state index in [1.807, 2.05) is 20.9 Å². The van der Waals surface area contributed by atoms with Crippen molar-refractivity contribution in [1.82, 2.24) is 24.9 Å². The molecule has 0 aliphatic heterocycles. The van der Waals surface area contributed by atoms with Gasteiger partial charge in [-0.2, -0.15) is 10.1 Å². The number of nitrogens with zero attached hydrogens (tertiary/aromatic N) is 5. The molecule has 3 heterocycles. The highest BCUT2D eigenvalue weighted by Gasteiger charge is 2.19. The molecule has 8 heteroatoms. The fraction of sp³-hybridized carbons (Fsp3) is 0.500. The number of hydrogen-bond acceptors (Lipinski definition) is 7. The van der Waals surface area contributed by atoms with E-state index in [2.05, 4.69) is 32.5 Å². The third-order valence-corrected chi connectivity index (χ3v) is 4.18. The Balaban J connectivity index is 1.89. The average molecular weight is 292 g/mol. The van der Waals surface area contributed by atoms with Gasteiger partial charge in [-0.3, -0.25) is 0 Å². The van der Waals surface area contributed by atoms with Crippen LogP contribution in [0.2, 0.25) is 0 Å². The van der Waals surface area contributed by atoms with Crippen molar-refractivity contribution < 1.29 is 4.52 Å². The first-order valence-electron chi connectivity index (χ1n) is 6.45. The number of nitrogens with one attached hydrogen (secondary N) is 1. The molecule has 106 valence electrons. The molecule has 0 aliphatic carbocycles. The van der Waals surface area contributed by atoms with Crippen LogP contribution >= 0.6 is 11.3 Å². The van der Waals surface area contributed by atoms with Crippen LogP contribution in [0.25, 0.3) is 10.3 Å². The Morgan fingerprint density at radius 2 is 2.15 bits per heavy atom. The SMILES string of the molecule is CC[C@H](Nc1nc2c(s1)c(C)nn2C)c1nc(C)no1. The molecular formula is C12H16N6OS. The van der Waals surface area contributed by atoms with Gasteiger partial charge in [-0.25, -0.2) is 9.67 Å². The Bertz CT molecular complexity index is 708. The highest BCUT2D eigenvalue weighted by atomic mass is 32.1. The van der Waals surface area contributed by atoms with Crippen LogP contribution in [0.4, 0.5) is 5.13 Å². The molecule has 0 saturated heterocycles. The second-order valence-corrected chi connectivity index (χ2v) is 5.66. The molecular weight excluding hydrogens is 276 g/mol. The van der Waals surface area contributed by atoms with Crippen molar-refractivity contribution in [3.8, 4) is 0 Å². The van der Waals surface area contributed by atoms with Crippen molar-refractivity contribution in [3.05, 3.63) is 17.4 Å². The van der Waals surface area contributed by atoms with Crippen molar-refractivity contribution in [2.75, 3.05) is 5.32 Å². The van der Waals surface area contributed by atoms with Crippen molar-refractivity contribution >= 4 is 26.8 Å². The molecule has 0 amide bonds. The summed E-state index contributed by atoms with van der Waals surface area (Å²) in [7, 11) is 1.90. The van der Waals surface area contributed by atoms with E-state index in [0.29, 0.717) is 11.7 Å². The van der Waals surface area contributed by atoms with Gasteiger partial charge in [0.2, 0.25) is 5.89 Å². The van der Waals surface area contributed by atoms with E-state index < -0.39 is 0 Å². The lowest BCUT2D eigenvalue weighted by atomic mass is 10.2. The number of hydrogen-bond donors (Lipinski definition) is 1. The van der Waals surface area contributed by atoms with Crippen LogP contribution in [-0.2, 0) is 7.05 Å². The zero-order chi connectivity index (χ0) is 14.3. The van der Waals surface area contributed by atoms with Gasteiger partial charge in [-0.1, -0.05) is 23.4 Å². The van der Waals surface area contributed by atoms with Crippen LogP contribution in [0.1, 0.15) is 36.8 Å². The fourth-order valence-corrected chi connectivity index (χ4v) is 3.07. The van der Waals surface area contributed by atoms with Crippen molar-refractivity contribution in [3.63, 3.8) is 0 Å². The maximum Gasteiger partial charge on any atom is 0.249 e. The molecule has 0 saturated carbocycles. The second kappa shape index (κ2) is 4.86. The number of thiazole rings is 1. The van der Waals surface area contributed by atoms with Crippen molar-refractivity contribution in [1.29, 1.82) is 0 Å². The van der Waals surface area contributed by atoms with E-state index in [9.17, 15) is 0 Å². The Morgan fingerprint density at radius 3 is 2.75 bits per heavy atom. The monoisotopic (exact) mass is 292 g/mol. The zero-order valence-electron chi connectivity index (χ0n) is 11.8. The third kappa shape index (κ3) is 2.15. The molecule has 1 atom stereocenters. The first-order chi connectivity index (χ1) is 9.58. The summed E-state index contributed by atoms with van der Waals surface area (Å²) in [6.45, 7) is 5.87. The molecule has 3 aromatic rings. The van der Waals surface area contributed by atoms with Gasteiger partial charge in [-0.15, -0.1) is 0 Å². The maximum atomic E-state index is 5.23. The van der Waals surface area contributed by atoms with Crippen molar-refractivity contribution in [2.45, 2.75) is 33.2 Å². The maximum absolute atomic E-state index is 5.23. The summed E-state index contributed by atoms with van der Waals surface area (Å²) in [6.07, 6.45) is 0.842. The fourth-order valence-electron chi connectivity index (χ4n) is 2.09. The van der Waals surface area contributed by atoms with Gasteiger partial charge < -0.3 is 9.84 Å². The summed E-state index contributed by atoms with van der Waals surface area (Å²) in [6, 6.07) is -0.0231. The Kier molecular flexibility index (Phi) is 3.17. The first-order valence-corrected chi connectivity index (χ1v) is 7.27.